The van der Waals surface area contributed by atoms with E-state index in [9.17, 15) is 10.2 Å². The van der Waals surface area contributed by atoms with Crippen molar-refractivity contribution in [1.82, 2.24) is 0 Å². The van der Waals surface area contributed by atoms with Gasteiger partial charge in [-0.1, -0.05) is 57.2 Å². The molecule has 4 aromatic rings. The Morgan fingerprint density at radius 2 is 1.11 bits per heavy atom. The van der Waals surface area contributed by atoms with Gasteiger partial charge in [0, 0.05) is 12.1 Å². The minimum atomic E-state index is -0.496. The molecule has 0 aromatic heterocycles. The van der Waals surface area contributed by atoms with Crippen molar-refractivity contribution in [1.29, 1.82) is 0 Å². The summed E-state index contributed by atoms with van der Waals surface area (Å²) in [4.78, 5) is 0. The van der Waals surface area contributed by atoms with Gasteiger partial charge in [-0.2, -0.15) is 0 Å². The van der Waals surface area contributed by atoms with Crippen LogP contribution in [-0.4, -0.2) is 17.3 Å². The van der Waals surface area contributed by atoms with Crippen LogP contribution in [0.25, 0.3) is 0 Å². The van der Waals surface area contributed by atoms with Crippen molar-refractivity contribution in [3.63, 3.8) is 0 Å². The fourth-order valence-corrected chi connectivity index (χ4v) is 5.98. The summed E-state index contributed by atoms with van der Waals surface area (Å²) in [6.45, 7) is 7.31. The zero-order valence-electron chi connectivity index (χ0n) is 21.5. The zero-order valence-corrected chi connectivity index (χ0v) is 23.7. The molecule has 0 heterocycles. The van der Waals surface area contributed by atoms with Crippen molar-refractivity contribution < 1.29 is 45.6 Å². The zero-order chi connectivity index (χ0) is 26.4. The number of aromatic hydroxyl groups is 2. The molecule has 0 amide bonds. The first-order chi connectivity index (χ1) is 17.7. The third-order valence-electron chi connectivity index (χ3n) is 5.78. The third-order valence-corrected chi connectivity index (χ3v) is 8.37. The first-order valence-corrected chi connectivity index (χ1v) is 14.2. The molecule has 0 saturated carbocycles. The second-order valence-corrected chi connectivity index (χ2v) is 12.7. The molecule has 0 spiro atoms. The van der Waals surface area contributed by atoms with E-state index in [4.69, 9.17) is 14.2 Å². The van der Waals surface area contributed by atoms with E-state index in [1.165, 1.54) is 9.13 Å². The number of hydrogen-bond acceptors (Lipinski definition) is 5. The predicted octanol–water partition coefficient (Wildman–Crippen LogP) is 3.69. The molecular formula is C31H32IO5+. The number of benzene rings is 4. The van der Waals surface area contributed by atoms with Crippen LogP contribution in [-0.2, 0) is 18.6 Å². The van der Waals surface area contributed by atoms with E-state index in [1.807, 2.05) is 36.4 Å². The topological polar surface area (TPSA) is 68.2 Å². The van der Waals surface area contributed by atoms with Crippen LogP contribution < -0.4 is 35.4 Å². The molecular weight excluding hydrogens is 579 g/mol. The maximum absolute atomic E-state index is 9.58. The fraction of sp³-hybridized carbons (Fsp3) is 0.226. The van der Waals surface area contributed by atoms with E-state index >= 15 is 0 Å². The van der Waals surface area contributed by atoms with Crippen LogP contribution in [0.15, 0.2) is 84.9 Å². The highest BCUT2D eigenvalue weighted by atomic mass is 127. The lowest BCUT2D eigenvalue weighted by Gasteiger charge is -2.18. The van der Waals surface area contributed by atoms with Gasteiger partial charge in [0.15, 0.2) is 15.1 Å². The summed E-state index contributed by atoms with van der Waals surface area (Å²) < 4.78 is 20.6. The Labute approximate surface area is 228 Å². The molecule has 0 radical (unpaired) electrons. The van der Waals surface area contributed by atoms with E-state index in [2.05, 4.69) is 45.0 Å². The van der Waals surface area contributed by atoms with Crippen LogP contribution >= 0.6 is 0 Å². The number of halogens is 1. The number of phenolic OH excluding ortho intramolecular Hbond substituents is 2. The minimum absolute atomic E-state index is 0.113. The van der Waals surface area contributed by atoms with Crippen LogP contribution in [0.5, 0.6) is 28.7 Å². The van der Waals surface area contributed by atoms with E-state index in [0.717, 1.165) is 14.7 Å². The number of ether oxygens (including phenoxy) is 3. The summed E-state index contributed by atoms with van der Waals surface area (Å²) >= 11 is -0.496. The number of hydrogen-bond donors (Lipinski definition) is 2. The Bertz CT molecular complexity index is 1240. The Morgan fingerprint density at radius 1 is 0.649 bits per heavy atom. The Hall–Kier alpha value is -3.39. The first-order valence-electron chi connectivity index (χ1n) is 12.0. The molecule has 6 heteroatoms. The summed E-state index contributed by atoms with van der Waals surface area (Å²) in [6, 6.07) is 26.8. The molecule has 4 aromatic carbocycles. The van der Waals surface area contributed by atoms with Crippen LogP contribution in [0, 0.1) is 7.14 Å². The van der Waals surface area contributed by atoms with Crippen molar-refractivity contribution in [2.75, 3.05) is 7.11 Å². The van der Waals surface area contributed by atoms with Crippen molar-refractivity contribution >= 4 is 0 Å². The average molecular weight is 611 g/mol. The van der Waals surface area contributed by atoms with Gasteiger partial charge in [0.05, 0.1) is 7.11 Å². The monoisotopic (exact) mass is 611 g/mol. The van der Waals surface area contributed by atoms with Crippen molar-refractivity contribution in [3.05, 3.63) is 109 Å². The Morgan fingerprint density at radius 3 is 1.51 bits per heavy atom. The van der Waals surface area contributed by atoms with Crippen molar-refractivity contribution in [3.8, 4) is 28.7 Å². The maximum atomic E-state index is 9.58. The normalized spacial score (nSPS) is 11.2. The second kappa shape index (κ2) is 11.8. The highest BCUT2D eigenvalue weighted by molar-refractivity contribution is 5.51. The molecule has 5 nitrogen and oxygen atoms in total. The van der Waals surface area contributed by atoms with Gasteiger partial charge in [-0.05, 0) is 58.5 Å². The van der Waals surface area contributed by atoms with Gasteiger partial charge < -0.3 is 24.4 Å². The molecule has 0 aliphatic rings. The summed E-state index contributed by atoms with van der Waals surface area (Å²) in [6.07, 6.45) is 0. The molecule has 0 bridgehead atoms. The molecule has 0 saturated heterocycles. The minimum Gasteiger partial charge on any atom is -0.508 e. The van der Waals surface area contributed by atoms with E-state index in [0.29, 0.717) is 30.5 Å². The lowest BCUT2D eigenvalue weighted by Crippen LogP contribution is -3.61. The molecule has 0 aliphatic carbocycles. The lowest BCUT2D eigenvalue weighted by molar-refractivity contribution is -0.597. The summed E-state index contributed by atoms with van der Waals surface area (Å²) in [5.74, 6) is 2.19. The summed E-state index contributed by atoms with van der Waals surface area (Å²) in [7, 11) is 1.61. The van der Waals surface area contributed by atoms with Gasteiger partial charge in [0.2, 0.25) is 9.32 Å². The predicted molar refractivity (Wildman–Crippen MR) is 140 cm³/mol. The van der Waals surface area contributed by atoms with Gasteiger partial charge in [-0.25, -0.2) is 0 Å². The van der Waals surface area contributed by atoms with E-state index in [1.54, 1.807) is 31.4 Å². The first kappa shape index (κ1) is 26.7. The van der Waals surface area contributed by atoms with Gasteiger partial charge in [-0.15, -0.1) is 0 Å². The molecule has 37 heavy (non-hydrogen) atoms. The van der Waals surface area contributed by atoms with E-state index < -0.39 is 21.2 Å². The summed E-state index contributed by atoms with van der Waals surface area (Å²) in [5, 5.41) is 19.2. The number of rotatable bonds is 9. The quantitative estimate of drug-likeness (QED) is 0.283. The van der Waals surface area contributed by atoms with Crippen LogP contribution in [0.1, 0.15) is 37.5 Å². The number of methoxy groups -OCH3 is 1. The fourth-order valence-electron chi connectivity index (χ4n) is 3.66. The standard InChI is InChI=1S/C31H31IO5/c1-31(2,3)23-9-11-24(12-10-23)32-25-17-28(36-19-21-5-13-26(33)14-6-21)30(35-4)29(18-25)37-20-22-7-15-27(34)16-8-22/h5-18H,19-20H2,1-4H3,(H-,33,34)/p+1. The van der Waals surface area contributed by atoms with Crippen LogP contribution in [0.3, 0.4) is 0 Å². The molecule has 2 N–H and O–H groups in total. The molecule has 0 fully saturated rings. The third kappa shape index (κ3) is 7.32. The lowest BCUT2D eigenvalue weighted by atomic mass is 9.87. The highest BCUT2D eigenvalue weighted by Crippen LogP contribution is 2.38. The van der Waals surface area contributed by atoms with E-state index in [-0.39, 0.29) is 16.9 Å². The van der Waals surface area contributed by atoms with Crippen LogP contribution in [0.2, 0.25) is 0 Å². The molecule has 192 valence electrons. The average Bonchev–Trinajstić information content (AvgIpc) is 2.87. The number of phenols is 2. The maximum Gasteiger partial charge on any atom is 0.358 e. The highest BCUT2D eigenvalue weighted by Gasteiger charge is 2.24. The second-order valence-electron chi connectivity index (χ2n) is 9.70. The molecule has 0 aliphatic heterocycles. The van der Waals surface area contributed by atoms with Crippen LogP contribution in [0.4, 0.5) is 0 Å². The van der Waals surface area contributed by atoms with Crippen molar-refractivity contribution in [2.24, 2.45) is 0 Å². The Balaban J connectivity index is 1.62. The van der Waals surface area contributed by atoms with Gasteiger partial charge in [0.25, 0.3) is 0 Å². The largest absolute Gasteiger partial charge is 0.508 e. The SMILES string of the molecule is COc1c(OCc2ccc(O)cc2)cc([I+]c2ccc(C(C)(C)C)cc2)cc1OCc1ccc(O)cc1. The van der Waals surface area contributed by atoms with Crippen molar-refractivity contribution in [2.45, 2.75) is 39.4 Å². The molecule has 0 atom stereocenters. The van der Waals surface area contributed by atoms with Gasteiger partial charge in [0.1, 0.15) is 24.7 Å². The molecule has 4 rings (SSSR count). The van der Waals surface area contributed by atoms with Gasteiger partial charge >= 0.3 is 21.2 Å². The van der Waals surface area contributed by atoms with Gasteiger partial charge in [-0.3, -0.25) is 0 Å². The smallest absolute Gasteiger partial charge is 0.358 e. The molecule has 0 unspecified atom stereocenters. The summed E-state index contributed by atoms with van der Waals surface area (Å²) in [5.41, 5.74) is 3.29. The Kier molecular flexibility index (Phi) is 8.48.